The Morgan fingerprint density at radius 3 is 1.11 bits per heavy atom. The molecule has 0 rings (SSSR count). The van der Waals surface area contributed by atoms with Crippen LogP contribution in [-0.2, 0) is 9.59 Å². The number of likely N-dealkylation sites (N-methyl/N-ethyl adjacent to an activating group) is 2. The van der Waals surface area contributed by atoms with Crippen LogP contribution in [0.2, 0.25) is 0 Å². The summed E-state index contributed by atoms with van der Waals surface area (Å²) in [5.74, 6) is 0.333. The monoisotopic (exact) mass is 670 g/mol. The number of quaternary nitrogens is 2. The Kier molecular flexibility index (Phi) is 30.1. The lowest BCUT2D eigenvalue weighted by atomic mass is 10.1. The standard InChI is InChI=1S/C30H62N4O2.2BrH/c1-7-9-11-13-17-21-25-33(3,4)27-29(35)31-23-19-15-16-20-24-32-30(36)28-34(5,6)26-22-18-14-12-10-8-2;;/h7-28H2,1-6H3;2*1H. The molecule has 0 spiro atoms. The Bertz CT molecular complexity index is 512. The number of nitrogens with zero attached hydrogens (tertiary/aromatic N) is 2. The minimum atomic E-state index is 0. The Balaban J connectivity index is -0.00000612. The van der Waals surface area contributed by atoms with Gasteiger partial charge in [-0.15, -0.1) is 0 Å². The van der Waals surface area contributed by atoms with Crippen LogP contribution in [0, 0.1) is 0 Å². The summed E-state index contributed by atoms with van der Waals surface area (Å²) in [4.78, 5) is 24.6. The second-order valence-corrected chi connectivity index (χ2v) is 12.3. The van der Waals surface area contributed by atoms with Gasteiger partial charge >= 0.3 is 0 Å². The lowest BCUT2D eigenvalue weighted by molar-refractivity contribution is -0.882. The van der Waals surface area contributed by atoms with E-state index in [1.807, 2.05) is 0 Å². The van der Waals surface area contributed by atoms with Crippen molar-refractivity contribution < 1.29 is 52.5 Å². The van der Waals surface area contributed by atoms with Crippen LogP contribution in [-0.4, -0.2) is 88.2 Å². The summed E-state index contributed by atoms with van der Waals surface area (Å²) in [6, 6.07) is 0. The average molecular weight is 673 g/mol. The van der Waals surface area contributed by atoms with Crippen LogP contribution in [0.4, 0.5) is 0 Å². The van der Waals surface area contributed by atoms with Crippen molar-refractivity contribution in [3.8, 4) is 0 Å². The zero-order valence-corrected chi connectivity index (χ0v) is 29.2. The summed E-state index contributed by atoms with van der Waals surface area (Å²) in [6.07, 6.45) is 19.7. The Labute approximate surface area is 258 Å². The van der Waals surface area contributed by atoms with Crippen molar-refractivity contribution in [2.75, 3.05) is 67.5 Å². The molecule has 0 aromatic carbocycles. The SMILES string of the molecule is CCCCCCCC[N+](C)(C)CC(=O)NCCCCCCNC(=O)C[N+](C)(C)CCCCCCCC.[Br-].[Br-]. The van der Waals surface area contributed by atoms with E-state index in [0.29, 0.717) is 13.1 Å². The molecular weight excluding hydrogens is 608 g/mol. The van der Waals surface area contributed by atoms with Gasteiger partial charge in [0.05, 0.1) is 41.3 Å². The zero-order valence-electron chi connectivity index (χ0n) is 26.0. The molecule has 0 aliphatic carbocycles. The summed E-state index contributed by atoms with van der Waals surface area (Å²) in [7, 11) is 8.65. The molecule has 0 heterocycles. The Morgan fingerprint density at radius 1 is 0.474 bits per heavy atom. The van der Waals surface area contributed by atoms with Crippen LogP contribution >= 0.6 is 0 Å². The molecule has 0 fully saturated rings. The van der Waals surface area contributed by atoms with Crippen molar-refractivity contribution in [3.63, 3.8) is 0 Å². The molecular formula is C30H64Br2N4O2. The van der Waals surface area contributed by atoms with Gasteiger partial charge in [0.25, 0.3) is 11.8 Å². The van der Waals surface area contributed by atoms with Crippen molar-refractivity contribution in [1.82, 2.24) is 10.6 Å². The van der Waals surface area contributed by atoms with Gasteiger partial charge in [-0.25, -0.2) is 0 Å². The number of carbonyl (C=O) groups excluding carboxylic acids is 2. The molecule has 6 nitrogen and oxygen atoms in total. The van der Waals surface area contributed by atoms with E-state index in [0.717, 1.165) is 60.8 Å². The maximum Gasteiger partial charge on any atom is 0.275 e. The lowest BCUT2D eigenvalue weighted by Gasteiger charge is -2.29. The van der Waals surface area contributed by atoms with Crippen molar-refractivity contribution in [1.29, 1.82) is 0 Å². The number of halogens is 2. The lowest BCUT2D eigenvalue weighted by Crippen LogP contribution is -3.00. The third-order valence-corrected chi connectivity index (χ3v) is 7.13. The summed E-state index contributed by atoms with van der Waals surface area (Å²) in [5, 5.41) is 6.19. The molecule has 0 bridgehead atoms. The first-order valence-electron chi connectivity index (χ1n) is 15.3. The highest BCUT2D eigenvalue weighted by atomic mass is 79.9. The molecule has 0 saturated carbocycles. The number of hydrogen-bond donors (Lipinski definition) is 2. The van der Waals surface area contributed by atoms with Crippen molar-refractivity contribution in [2.45, 2.75) is 117 Å². The van der Waals surface area contributed by atoms with E-state index < -0.39 is 0 Å². The van der Waals surface area contributed by atoms with Gasteiger partial charge in [0.2, 0.25) is 0 Å². The summed E-state index contributed by atoms with van der Waals surface area (Å²) in [5.41, 5.74) is 0. The highest BCUT2D eigenvalue weighted by Crippen LogP contribution is 2.09. The third-order valence-electron chi connectivity index (χ3n) is 7.13. The van der Waals surface area contributed by atoms with Gasteiger partial charge in [0.15, 0.2) is 13.1 Å². The largest absolute Gasteiger partial charge is 1.00 e. The van der Waals surface area contributed by atoms with Gasteiger partial charge in [0, 0.05) is 13.1 Å². The molecule has 2 N–H and O–H groups in total. The van der Waals surface area contributed by atoms with Crippen LogP contribution in [0.5, 0.6) is 0 Å². The molecule has 230 valence electrons. The molecule has 0 radical (unpaired) electrons. The summed E-state index contributed by atoms with van der Waals surface area (Å²) < 4.78 is 1.54. The second-order valence-electron chi connectivity index (χ2n) is 12.3. The maximum absolute atomic E-state index is 12.3. The molecule has 8 heteroatoms. The average Bonchev–Trinajstić information content (AvgIpc) is 2.79. The number of nitrogens with one attached hydrogen (secondary N) is 2. The molecule has 0 unspecified atom stereocenters. The molecule has 0 saturated heterocycles. The zero-order chi connectivity index (χ0) is 27.1. The molecule has 0 aromatic rings. The van der Waals surface area contributed by atoms with Crippen molar-refractivity contribution in [2.24, 2.45) is 0 Å². The van der Waals surface area contributed by atoms with Gasteiger partial charge in [-0.05, 0) is 38.5 Å². The van der Waals surface area contributed by atoms with E-state index in [-0.39, 0.29) is 45.8 Å². The van der Waals surface area contributed by atoms with E-state index in [1.165, 1.54) is 77.0 Å². The number of unbranched alkanes of at least 4 members (excludes halogenated alkanes) is 13. The van der Waals surface area contributed by atoms with E-state index in [2.05, 4.69) is 52.7 Å². The first-order chi connectivity index (χ1) is 17.1. The fourth-order valence-corrected chi connectivity index (χ4v) is 4.75. The van der Waals surface area contributed by atoms with Gasteiger partial charge in [-0.1, -0.05) is 78.1 Å². The fraction of sp³-hybridized carbons (Fsp3) is 0.933. The van der Waals surface area contributed by atoms with Gasteiger partial charge in [-0.2, -0.15) is 0 Å². The summed E-state index contributed by atoms with van der Waals surface area (Å²) in [6.45, 7) is 9.28. The molecule has 0 aliphatic heterocycles. The first kappa shape index (κ1) is 42.3. The number of carbonyl (C=O) groups is 2. The Morgan fingerprint density at radius 2 is 0.763 bits per heavy atom. The van der Waals surface area contributed by atoms with Gasteiger partial charge in [0.1, 0.15) is 0 Å². The van der Waals surface area contributed by atoms with Crippen LogP contribution < -0.4 is 44.6 Å². The first-order valence-corrected chi connectivity index (χ1v) is 15.3. The third kappa shape index (κ3) is 28.8. The number of hydrogen-bond acceptors (Lipinski definition) is 2. The van der Waals surface area contributed by atoms with E-state index in [9.17, 15) is 9.59 Å². The molecule has 0 aromatic heterocycles. The van der Waals surface area contributed by atoms with E-state index >= 15 is 0 Å². The number of rotatable bonds is 25. The van der Waals surface area contributed by atoms with E-state index in [1.54, 1.807) is 0 Å². The van der Waals surface area contributed by atoms with Crippen molar-refractivity contribution >= 4 is 11.8 Å². The second kappa shape index (κ2) is 27.0. The predicted molar refractivity (Wildman–Crippen MR) is 155 cm³/mol. The topological polar surface area (TPSA) is 58.2 Å². The Hall–Kier alpha value is -0.180. The molecule has 0 aliphatic rings. The highest BCUT2D eigenvalue weighted by Gasteiger charge is 2.20. The van der Waals surface area contributed by atoms with Crippen LogP contribution in [0.15, 0.2) is 0 Å². The maximum atomic E-state index is 12.3. The van der Waals surface area contributed by atoms with E-state index in [4.69, 9.17) is 0 Å². The molecule has 2 amide bonds. The highest BCUT2D eigenvalue weighted by molar-refractivity contribution is 5.77. The van der Waals surface area contributed by atoms with Gasteiger partial charge < -0.3 is 53.6 Å². The number of amides is 2. The molecule has 38 heavy (non-hydrogen) atoms. The normalized spacial score (nSPS) is 11.4. The fourth-order valence-electron chi connectivity index (χ4n) is 4.75. The van der Waals surface area contributed by atoms with Gasteiger partial charge in [-0.3, -0.25) is 9.59 Å². The van der Waals surface area contributed by atoms with Crippen LogP contribution in [0.1, 0.15) is 117 Å². The van der Waals surface area contributed by atoms with Crippen molar-refractivity contribution in [3.05, 3.63) is 0 Å². The minimum Gasteiger partial charge on any atom is -1.00 e. The quantitative estimate of drug-likeness (QED) is 0.103. The summed E-state index contributed by atoms with van der Waals surface area (Å²) >= 11 is 0. The smallest absolute Gasteiger partial charge is 0.275 e. The molecule has 0 atom stereocenters. The minimum absolute atomic E-state index is 0. The van der Waals surface area contributed by atoms with Crippen LogP contribution in [0.3, 0.4) is 0 Å². The van der Waals surface area contributed by atoms with Crippen LogP contribution in [0.25, 0.3) is 0 Å². The predicted octanol–water partition coefficient (Wildman–Crippen LogP) is -0.339.